The monoisotopic (exact) mass is 520 g/mol. The SMILES string of the molecule is COc1ccc(-c2ccc(O)c3c2C[C@@H]2C[C@@H]4[C@@H](N(C)C)C(O)=C(C(N)=O)C(=O)[C@@]4(O)C(O)=C2C3=O)cc1. The summed E-state index contributed by atoms with van der Waals surface area (Å²) in [4.78, 5) is 40.7. The van der Waals surface area contributed by atoms with Gasteiger partial charge in [-0.25, -0.2) is 0 Å². The van der Waals surface area contributed by atoms with Crippen LogP contribution in [0, 0.1) is 11.8 Å². The number of aliphatic hydroxyl groups excluding tert-OH is 2. The van der Waals surface area contributed by atoms with Gasteiger partial charge in [0.2, 0.25) is 5.78 Å². The normalized spacial score (nSPS) is 26.7. The van der Waals surface area contributed by atoms with Crippen molar-refractivity contribution in [1.82, 2.24) is 4.90 Å². The van der Waals surface area contributed by atoms with Gasteiger partial charge < -0.3 is 30.9 Å². The lowest BCUT2D eigenvalue weighted by atomic mass is 9.58. The highest BCUT2D eigenvalue weighted by molar-refractivity contribution is 6.24. The first-order valence-electron chi connectivity index (χ1n) is 12.1. The number of aromatic hydroxyl groups is 1. The Balaban J connectivity index is 1.70. The number of carbonyl (C=O) groups excluding carboxylic acids is 3. The summed E-state index contributed by atoms with van der Waals surface area (Å²) < 4.78 is 5.23. The third-order valence-electron chi connectivity index (χ3n) is 8.01. The smallest absolute Gasteiger partial charge is 0.255 e. The Morgan fingerprint density at radius 1 is 1.08 bits per heavy atom. The molecule has 10 nitrogen and oxygen atoms in total. The van der Waals surface area contributed by atoms with E-state index in [9.17, 15) is 34.8 Å². The van der Waals surface area contributed by atoms with Crippen molar-refractivity contribution >= 4 is 17.5 Å². The third-order valence-corrected chi connectivity index (χ3v) is 8.01. The van der Waals surface area contributed by atoms with Gasteiger partial charge in [-0.2, -0.15) is 0 Å². The number of nitrogens with zero attached hydrogens (tertiary/aromatic N) is 1. The zero-order valence-electron chi connectivity index (χ0n) is 21.1. The average Bonchev–Trinajstić information content (AvgIpc) is 2.86. The van der Waals surface area contributed by atoms with Gasteiger partial charge in [0.25, 0.3) is 5.91 Å². The Kier molecular flexibility index (Phi) is 5.85. The lowest BCUT2D eigenvalue weighted by Gasteiger charge is -2.50. The maximum Gasteiger partial charge on any atom is 0.255 e. The van der Waals surface area contributed by atoms with E-state index < -0.39 is 58.0 Å². The number of ketones is 2. The highest BCUT2D eigenvalue weighted by Gasteiger charge is 2.63. The molecule has 0 fully saturated rings. The molecular formula is C28H28N2O8. The number of allylic oxidation sites excluding steroid dienone is 1. The number of nitrogens with two attached hydrogens (primary N) is 1. The molecule has 0 spiro atoms. The van der Waals surface area contributed by atoms with Crippen LogP contribution in [0.2, 0.25) is 0 Å². The number of primary amides is 1. The van der Waals surface area contributed by atoms with Crippen molar-refractivity contribution < 1.29 is 39.5 Å². The molecule has 6 N–H and O–H groups in total. The first kappa shape index (κ1) is 25.5. The molecule has 4 atom stereocenters. The summed E-state index contributed by atoms with van der Waals surface area (Å²) in [7, 11) is 4.73. The van der Waals surface area contributed by atoms with Crippen LogP contribution in [0.5, 0.6) is 11.5 Å². The molecule has 1 amide bonds. The summed E-state index contributed by atoms with van der Waals surface area (Å²) >= 11 is 0. The van der Waals surface area contributed by atoms with Gasteiger partial charge in [-0.1, -0.05) is 18.2 Å². The van der Waals surface area contributed by atoms with Gasteiger partial charge in [0.1, 0.15) is 28.6 Å². The molecule has 2 aromatic carbocycles. The molecule has 0 unspecified atom stereocenters. The molecular weight excluding hydrogens is 492 g/mol. The Bertz CT molecular complexity index is 1460. The third kappa shape index (κ3) is 3.37. The summed E-state index contributed by atoms with van der Waals surface area (Å²) in [5.74, 6) is -6.08. The molecule has 0 saturated heterocycles. The minimum atomic E-state index is -2.66. The Hall–Kier alpha value is -4.15. The molecule has 0 bridgehead atoms. The summed E-state index contributed by atoms with van der Waals surface area (Å²) in [5.41, 5.74) is 3.70. The van der Waals surface area contributed by atoms with E-state index in [1.54, 1.807) is 39.4 Å². The van der Waals surface area contributed by atoms with E-state index in [1.807, 2.05) is 12.1 Å². The predicted octanol–water partition coefficient (Wildman–Crippen LogP) is 1.80. The minimum Gasteiger partial charge on any atom is -0.510 e. The lowest BCUT2D eigenvalue weighted by molar-refractivity contribution is -0.148. The van der Waals surface area contributed by atoms with Crippen molar-refractivity contribution in [1.29, 1.82) is 0 Å². The van der Waals surface area contributed by atoms with E-state index in [-0.39, 0.29) is 29.7 Å². The van der Waals surface area contributed by atoms with Crippen LogP contribution < -0.4 is 10.5 Å². The van der Waals surface area contributed by atoms with E-state index in [4.69, 9.17) is 10.5 Å². The van der Waals surface area contributed by atoms with Crippen LogP contribution in [0.15, 0.2) is 59.1 Å². The van der Waals surface area contributed by atoms with E-state index >= 15 is 0 Å². The largest absolute Gasteiger partial charge is 0.510 e. The first-order valence-corrected chi connectivity index (χ1v) is 12.1. The number of phenols is 1. The standard InChI is InChI=1S/C28H28N2O8/c1-30(2)22-17-11-13-10-16-15(12-4-6-14(38-3)7-5-12)8-9-18(31)20(16)23(32)19(13)25(34)28(17,37)26(35)21(24(22)33)27(29)36/h4-9,13,17,22,31,33-34,37H,10-11H2,1-3H3,(H2,29,36)/t13-,17-,22-,28+/m1/s1. The second-order valence-electron chi connectivity index (χ2n) is 10.2. The van der Waals surface area contributed by atoms with Crippen molar-refractivity contribution in [2.24, 2.45) is 17.6 Å². The number of benzene rings is 2. The van der Waals surface area contributed by atoms with E-state index in [1.165, 1.54) is 11.0 Å². The molecule has 0 saturated carbocycles. The molecule has 198 valence electrons. The second-order valence-corrected chi connectivity index (χ2v) is 10.2. The van der Waals surface area contributed by atoms with Gasteiger partial charge in [0.15, 0.2) is 11.4 Å². The molecule has 2 aromatic rings. The number of carbonyl (C=O) groups is 3. The number of methoxy groups -OCH3 is 1. The number of ether oxygens (including phenoxy) is 1. The van der Waals surface area contributed by atoms with Gasteiger partial charge >= 0.3 is 0 Å². The van der Waals surface area contributed by atoms with Gasteiger partial charge in [-0.05, 0) is 67.7 Å². The van der Waals surface area contributed by atoms with E-state index in [2.05, 4.69) is 0 Å². The number of hydrogen-bond donors (Lipinski definition) is 5. The molecule has 3 aliphatic carbocycles. The molecule has 38 heavy (non-hydrogen) atoms. The number of phenolic OH excluding ortho intramolecular Hbond substituents is 1. The fourth-order valence-corrected chi connectivity index (χ4v) is 6.29. The quantitative estimate of drug-likeness (QED) is 0.377. The predicted molar refractivity (Wildman–Crippen MR) is 136 cm³/mol. The zero-order chi connectivity index (χ0) is 27.7. The van der Waals surface area contributed by atoms with Crippen molar-refractivity contribution in [2.45, 2.75) is 24.5 Å². The van der Waals surface area contributed by atoms with Crippen molar-refractivity contribution in [2.75, 3.05) is 21.2 Å². The first-order chi connectivity index (χ1) is 17.9. The highest BCUT2D eigenvalue weighted by atomic mass is 16.5. The number of rotatable bonds is 4. The zero-order valence-corrected chi connectivity index (χ0v) is 21.1. The van der Waals surface area contributed by atoms with Crippen LogP contribution in [0.1, 0.15) is 22.3 Å². The molecule has 10 heteroatoms. The number of hydrogen-bond acceptors (Lipinski definition) is 9. The maximum absolute atomic E-state index is 13.8. The number of Topliss-reactive ketones (excluding diaryl/α,β-unsaturated/α-hetero) is 2. The Morgan fingerprint density at radius 2 is 1.74 bits per heavy atom. The highest BCUT2D eigenvalue weighted by Crippen LogP contribution is 2.53. The van der Waals surface area contributed by atoms with Crippen molar-refractivity contribution in [3.63, 3.8) is 0 Å². The molecule has 5 rings (SSSR count). The minimum absolute atomic E-state index is 0.0286. The van der Waals surface area contributed by atoms with Crippen molar-refractivity contribution in [3.8, 4) is 22.6 Å². The molecule has 0 aliphatic heterocycles. The van der Waals surface area contributed by atoms with Gasteiger partial charge in [0.05, 0.1) is 18.7 Å². The van der Waals surface area contributed by atoms with Gasteiger partial charge in [-0.15, -0.1) is 0 Å². The number of amides is 1. The van der Waals surface area contributed by atoms with Gasteiger partial charge in [0, 0.05) is 11.5 Å². The van der Waals surface area contributed by atoms with Crippen LogP contribution in [0.3, 0.4) is 0 Å². The van der Waals surface area contributed by atoms with Crippen LogP contribution in [-0.2, 0) is 16.0 Å². The summed E-state index contributed by atoms with van der Waals surface area (Å²) in [6.07, 6.45) is 0.244. The summed E-state index contributed by atoms with van der Waals surface area (Å²) in [6.45, 7) is 0. The molecule has 0 heterocycles. The Labute approximate surface area is 218 Å². The van der Waals surface area contributed by atoms with Crippen molar-refractivity contribution in [3.05, 3.63) is 70.2 Å². The van der Waals surface area contributed by atoms with E-state index in [0.29, 0.717) is 16.9 Å². The van der Waals surface area contributed by atoms with E-state index in [0.717, 1.165) is 5.56 Å². The molecule has 3 aliphatic rings. The van der Waals surface area contributed by atoms with Crippen LogP contribution in [0.25, 0.3) is 11.1 Å². The summed E-state index contributed by atoms with van der Waals surface area (Å²) in [6, 6.07) is 9.26. The topological polar surface area (TPSA) is 171 Å². The van der Waals surface area contributed by atoms with Crippen LogP contribution in [-0.4, -0.2) is 75.6 Å². The number of fused-ring (bicyclic) bond motifs is 3. The molecule has 0 aromatic heterocycles. The molecule has 0 radical (unpaired) electrons. The summed E-state index contributed by atoms with van der Waals surface area (Å²) in [5, 5.41) is 44.6. The van der Waals surface area contributed by atoms with Crippen LogP contribution >= 0.6 is 0 Å². The van der Waals surface area contributed by atoms with Crippen LogP contribution in [0.4, 0.5) is 0 Å². The maximum atomic E-state index is 13.8. The van der Waals surface area contributed by atoms with Gasteiger partial charge in [-0.3, -0.25) is 19.3 Å². The number of likely N-dealkylation sites (N-methyl/N-ethyl adjacent to an activating group) is 1. The fraction of sp³-hybridized carbons (Fsp3) is 0.321. The fourth-order valence-electron chi connectivity index (χ4n) is 6.29. The Morgan fingerprint density at radius 3 is 2.32 bits per heavy atom. The second kappa shape index (κ2) is 8.71. The average molecular weight is 521 g/mol. The lowest BCUT2D eigenvalue weighted by Crippen LogP contribution is -2.63. The number of aliphatic hydroxyl groups is 3.